The molecule has 0 N–H and O–H groups in total. The van der Waals surface area contributed by atoms with Gasteiger partial charge in [-0.05, 0) is 41.7 Å². The number of rotatable bonds is 4. The quantitative estimate of drug-likeness (QED) is 0.570. The number of fused-ring (bicyclic) bond motifs is 1. The molecule has 33 heavy (non-hydrogen) atoms. The molecule has 5 rings (SSSR count). The molecular weight excluding hydrogens is 453 g/mol. The number of Topliss-reactive ketones (excluding diaryl/α,β-unsaturated/α-hetero) is 1. The van der Waals surface area contributed by atoms with E-state index in [1.807, 2.05) is 17.0 Å². The van der Waals surface area contributed by atoms with Gasteiger partial charge in [0, 0.05) is 30.0 Å². The first-order valence-corrected chi connectivity index (χ1v) is 11.3. The van der Waals surface area contributed by atoms with Crippen LogP contribution in [0.15, 0.2) is 47.5 Å². The maximum atomic E-state index is 12.8. The second-order valence-corrected chi connectivity index (χ2v) is 9.22. The van der Waals surface area contributed by atoms with Crippen LogP contribution in [0.4, 0.5) is 19.1 Å². The number of halogens is 3. The van der Waals surface area contributed by atoms with E-state index >= 15 is 0 Å². The van der Waals surface area contributed by atoms with Crippen molar-refractivity contribution >= 4 is 28.6 Å². The van der Waals surface area contributed by atoms with Gasteiger partial charge in [-0.25, -0.2) is 9.78 Å². The molecule has 0 fully saturated rings. The van der Waals surface area contributed by atoms with Gasteiger partial charge >= 0.3 is 11.9 Å². The molecule has 0 saturated carbocycles. The van der Waals surface area contributed by atoms with Crippen molar-refractivity contribution in [2.24, 2.45) is 0 Å². The highest BCUT2D eigenvalue weighted by atomic mass is 32.1. The normalized spacial score (nSPS) is 16.2. The summed E-state index contributed by atoms with van der Waals surface area (Å²) >= 11 is 0.604. The SMILES string of the molecule is O=C1CCc2cc(C3=CCN(c4ncn(Cc5ccc(C(F)(F)F)s5)c(=O)n4)CC3)ccc21. The van der Waals surface area contributed by atoms with Crippen molar-refractivity contribution in [3.63, 3.8) is 0 Å². The fraction of sp³-hybridized carbons (Fsp3) is 0.304. The summed E-state index contributed by atoms with van der Waals surface area (Å²) in [7, 11) is 0. The maximum absolute atomic E-state index is 12.8. The Kier molecular flexibility index (Phi) is 5.40. The summed E-state index contributed by atoms with van der Waals surface area (Å²) in [4.78, 5) is 34.2. The average Bonchev–Trinajstić information content (AvgIpc) is 3.42. The van der Waals surface area contributed by atoms with Crippen molar-refractivity contribution < 1.29 is 18.0 Å². The second-order valence-electron chi connectivity index (χ2n) is 8.05. The summed E-state index contributed by atoms with van der Waals surface area (Å²) < 4.78 is 39.5. The van der Waals surface area contributed by atoms with Gasteiger partial charge in [-0.2, -0.15) is 18.2 Å². The average molecular weight is 472 g/mol. The monoisotopic (exact) mass is 472 g/mol. The number of thiophene rings is 1. The third-order valence-corrected chi connectivity index (χ3v) is 7.03. The number of nitrogens with zero attached hydrogens (tertiary/aromatic N) is 4. The lowest BCUT2D eigenvalue weighted by Gasteiger charge is -2.26. The summed E-state index contributed by atoms with van der Waals surface area (Å²) in [5.74, 6) is 0.500. The number of benzene rings is 1. The predicted octanol–water partition coefficient (Wildman–Crippen LogP) is 4.19. The molecule has 2 aromatic heterocycles. The molecular formula is C23H19F3N4O2S. The number of alkyl halides is 3. The number of aromatic nitrogens is 3. The van der Waals surface area contributed by atoms with E-state index in [4.69, 9.17) is 0 Å². The molecule has 1 aliphatic carbocycles. The number of carbonyl (C=O) groups is 1. The Morgan fingerprint density at radius 1 is 1.06 bits per heavy atom. The Morgan fingerprint density at radius 2 is 1.91 bits per heavy atom. The van der Waals surface area contributed by atoms with Gasteiger partial charge in [0.2, 0.25) is 5.95 Å². The number of carbonyl (C=O) groups excluding carboxylic acids is 1. The Labute approximate surface area is 191 Å². The minimum atomic E-state index is -4.40. The molecule has 1 aliphatic heterocycles. The van der Waals surface area contributed by atoms with Crippen LogP contribution in [0, 0.1) is 0 Å². The Morgan fingerprint density at radius 3 is 2.61 bits per heavy atom. The largest absolute Gasteiger partial charge is 0.425 e. The highest BCUT2D eigenvalue weighted by Gasteiger charge is 2.32. The Hall–Kier alpha value is -3.27. The summed E-state index contributed by atoms with van der Waals surface area (Å²) in [6, 6.07) is 8.35. The van der Waals surface area contributed by atoms with Crippen LogP contribution in [-0.4, -0.2) is 33.4 Å². The van der Waals surface area contributed by atoms with Gasteiger partial charge in [0.1, 0.15) is 11.2 Å². The van der Waals surface area contributed by atoms with Gasteiger partial charge in [0.25, 0.3) is 0 Å². The van der Waals surface area contributed by atoms with Crippen molar-refractivity contribution in [1.29, 1.82) is 0 Å². The van der Waals surface area contributed by atoms with Gasteiger partial charge < -0.3 is 4.90 Å². The molecule has 3 aromatic rings. The lowest BCUT2D eigenvalue weighted by atomic mass is 9.96. The third kappa shape index (κ3) is 4.35. The van der Waals surface area contributed by atoms with E-state index in [9.17, 15) is 22.8 Å². The van der Waals surface area contributed by atoms with Crippen LogP contribution in [0.2, 0.25) is 0 Å². The fourth-order valence-electron chi connectivity index (χ4n) is 4.16. The van der Waals surface area contributed by atoms with E-state index in [2.05, 4.69) is 22.1 Å². The zero-order valence-corrected chi connectivity index (χ0v) is 18.2. The minimum Gasteiger partial charge on any atom is -0.337 e. The number of aryl methyl sites for hydroxylation is 1. The maximum Gasteiger partial charge on any atom is 0.425 e. The van der Waals surface area contributed by atoms with Crippen molar-refractivity contribution in [3.05, 3.63) is 79.7 Å². The first-order chi connectivity index (χ1) is 15.8. The second kappa shape index (κ2) is 8.26. The third-order valence-electron chi connectivity index (χ3n) is 5.91. The molecule has 0 radical (unpaired) electrons. The summed E-state index contributed by atoms with van der Waals surface area (Å²) in [5, 5.41) is 0. The molecule has 170 valence electrons. The van der Waals surface area contributed by atoms with Crippen molar-refractivity contribution in [2.75, 3.05) is 18.0 Å². The zero-order chi connectivity index (χ0) is 23.2. The first-order valence-electron chi connectivity index (χ1n) is 10.5. The molecule has 0 spiro atoms. The summed E-state index contributed by atoms with van der Waals surface area (Å²) in [6.07, 6.45) is 1.11. The molecule has 0 saturated heterocycles. The molecule has 6 nitrogen and oxygen atoms in total. The Bertz CT molecular complexity index is 1330. The summed E-state index contributed by atoms with van der Waals surface area (Å²) in [5.41, 5.74) is 3.65. The molecule has 0 unspecified atom stereocenters. The number of anilines is 1. The van der Waals surface area contributed by atoms with Crippen LogP contribution in [0.1, 0.15) is 44.1 Å². The lowest BCUT2D eigenvalue weighted by Crippen LogP contribution is -2.33. The van der Waals surface area contributed by atoms with Crippen LogP contribution in [0.25, 0.3) is 5.57 Å². The van der Waals surface area contributed by atoms with E-state index in [-0.39, 0.29) is 12.3 Å². The number of hydrogen-bond donors (Lipinski definition) is 0. The molecule has 0 atom stereocenters. The Balaban J connectivity index is 1.28. The molecule has 0 bridgehead atoms. The van der Waals surface area contributed by atoms with Gasteiger partial charge in [-0.1, -0.05) is 24.3 Å². The minimum absolute atomic E-state index is 0.00918. The van der Waals surface area contributed by atoms with Crippen LogP contribution < -0.4 is 10.6 Å². The number of ketones is 1. The van der Waals surface area contributed by atoms with E-state index in [1.54, 1.807) is 0 Å². The predicted molar refractivity (Wildman–Crippen MR) is 119 cm³/mol. The highest BCUT2D eigenvalue weighted by molar-refractivity contribution is 7.12. The van der Waals surface area contributed by atoms with Crippen LogP contribution in [0.3, 0.4) is 0 Å². The van der Waals surface area contributed by atoms with Gasteiger partial charge in [0.05, 0.1) is 6.54 Å². The molecule has 1 aromatic carbocycles. The lowest BCUT2D eigenvalue weighted by molar-refractivity contribution is -0.134. The molecule has 2 aliphatic rings. The fourth-order valence-corrected chi connectivity index (χ4v) is 5.04. The standard InChI is InChI=1S/C23H19F3N4O2S/c24-23(25,26)20-6-3-17(33-20)12-30-13-27-21(28-22(30)32)29-9-7-14(8-10-29)15-1-4-18-16(11-15)2-5-19(18)31/h1,3-4,6-7,11,13H,2,5,8-10,12H2. The topological polar surface area (TPSA) is 68.1 Å². The molecule has 10 heteroatoms. The van der Waals surface area contributed by atoms with E-state index < -0.39 is 16.7 Å². The van der Waals surface area contributed by atoms with E-state index in [1.165, 1.54) is 22.5 Å². The number of hydrogen-bond acceptors (Lipinski definition) is 6. The summed E-state index contributed by atoms with van der Waals surface area (Å²) in [6.45, 7) is 1.16. The van der Waals surface area contributed by atoms with E-state index in [0.29, 0.717) is 41.7 Å². The zero-order valence-electron chi connectivity index (χ0n) is 17.4. The van der Waals surface area contributed by atoms with Crippen molar-refractivity contribution in [3.8, 4) is 0 Å². The van der Waals surface area contributed by atoms with Gasteiger partial charge in [-0.15, -0.1) is 11.3 Å². The van der Waals surface area contributed by atoms with Gasteiger partial charge in [-0.3, -0.25) is 9.36 Å². The van der Waals surface area contributed by atoms with Gasteiger partial charge in [0.15, 0.2) is 5.78 Å². The highest BCUT2D eigenvalue weighted by Crippen LogP contribution is 2.34. The first kappa shape index (κ1) is 21.6. The van der Waals surface area contributed by atoms with Crippen LogP contribution >= 0.6 is 11.3 Å². The smallest absolute Gasteiger partial charge is 0.337 e. The molecule has 3 heterocycles. The molecule has 0 amide bonds. The van der Waals surface area contributed by atoms with E-state index in [0.717, 1.165) is 35.6 Å². The van der Waals surface area contributed by atoms with Crippen molar-refractivity contribution in [2.45, 2.75) is 32.0 Å². The van der Waals surface area contributed by atoms with Crippen LogP contribution in [0.5, 0.6) is 0 Å². The van der Waals surface area contributed by atoms with Crippen molar-refractivity contribution in [1.82, 2.24) is 14.5 Å². The van der Waals surface area contributed by atoms with Crippen LogP contribution in [-0.2, 0) is 19.1 Å².